The van der Waals surface area contributed by atoms with Gasteiger partial charge in [-0.3, -0.25) is 9.78 Å². The molecule has 1 aromatic heterocycles. The first-order valence-corrected chi connectivity index (χ1v) is 6.14. The maximum Gasteiger partial charge on any atom is 0.254 e. The van der Waals surface area contributed by atoms with Gasteiger partial charge in [0.2, 0.25) is 0 Å². The van der Waals surface area contributed by atoms with Crippen LogP contribution in [0.25, 0.3) is 0 Å². The van der Waals surface area contributed by atoms with Crippen LogP contribution >= 0.6 is 0 Å². The molecule has 3 rings (SSSR count). The van der Waals surface area contributed by atoms with Crippen molar-refractivity contribution in [1.82, 2.24) is 9.88 Å². The lowest BCUT2D eigenvalue weighted by Crippen LogP contribution is -2.25. The van der Waals surface area contributed by atoms with E-state index in [4.69, 9.17) is 4.74 Å². The largest absolute Gasteiger partial charge is 0.497 e. The van der Waals surface area contributed by atoms with Crippen LogP contribution in [-0.4, -0.2) is 22.9 Å². The average molecular weight is 254 g/mol. The van der Waals surface area contributed by atoms with Crippen molar-refractivity contribution in [3.05, 3.63) is 59.4 Å². The van der Waals surface area contributed by atoms with Gasteiger partial charge in [0.25, 0.3) is 5.91 Å². The van der Waals surface area contributed by atoms with Crippen LogP contribution in [0.5, 0.6) is 5.75 Å². The van der Waals surface area contributed by atoms with E-state index >= 15 is 0 Å². The number of nitrogens with zero attached hydrogens (tertiary/aromatic N) is 2. The predicted octanol–water partition coefficient (Wildman–Crippen LogP) is 2.25. The third-order valence-corrected chi connectivity index (χ3v) is 3.31. The number of pyridine rings is 1. The Hall–Kier alpha value is -2.36. The summed E-state index contributed by atoms with van der Waals surface area (Å²) in [5, 5.41) is 0. The highest BCUT2D eigenvalue weighted by Crippen LogP contribution is 2.22. The third kappa shape index (κ3) is 2.17. The zero-order valence-electron chi connectivity index (χ0n) is 10.7. The second kappa shape index (κ2) is 4.72. The summed E-state index contributed by atoms with van der Waals surface area (Å²) in [7, 11) is 1.61. The van der Waals surface area contributed by atoms with Gasteiger partial charge in [-0.25, -0.2) is 0 Å². The van der Waals surface area contributed by atoms with E-state index in [9.17, 15) is 4.79 Å². The quantitative estimate of drug-likeness (QED) is 0.825. The first kappa shape index (κ1) is 11.7. The van der Waals surface area contributed by atoms with Gasteiger partial charge >= 0.3 is 0 Å². The predicted molar refractivity (Wildman–Crippen MR) is 70.8 cm³/mol. The number of carbonyl (C=O) groups excluding carboxylic acids is 1. The number of hydrogen-bond donors (Lipinski definition) is 0. The lowest BCUT2D eigenvalue weighted by atomic mass is 10.2. The van der Waals surface area contributed by atoms with E-state index in [1.165, 1.54) is 0 Å². The van der Waals surface area contributed by atoms with Crippen molar-refractivity contribution in [2.24, 2.45) is 0 Å². The summed E-state index contributed by atoms with van der Waals surface area (Å²) in [6.07, 6.45) is 1.76. The van der Waals surface area contributed by atoms with Gasteiger partial charge in [-0.15, -0.1) is 0 Å². The van der Waals surface area contributed by atoms with Crippen LogP contribution in [0, 0.1) is 0 Å². The summed E-state index contributed by atoms with van der Waals surface area (Å²) >= 11 is 0. The number of methoxy groups -OCH3 is 1. The summed E-state index contributed by atoms with van der Waals surface area (Å²) in [6.45, 7) is 1.22. The molecule has 1 aromatic carbocycles. The molecule has 0 spiro atoms. The Morgan fingerprint density at radius 3 is 2.68 bits per heavy atom. The zero-order chi connectivity index (χ0) is 13.2. The van der Waals surface area contributed by atoms with Crippen molar-refractivity contribution in [3.8, 4) is 5.75 Å². The van der Waals surface area contributed by atoms with E-state index in [0.717, 1.165) is 17.0 Å². The lowest BCUT2D eigenvalue weighted by molar-refractivity contribution is 0.0750. The molecule has 0 unspecified atom stereocenters. The smallest absolute Gasteiger partial charge is 0.254 e. The molecule has 4 nitrogen and oxygen atoms in total. The van der Waals surface area contributed by atoms with Gasteiger partial charge in [0.15, 0.2) is 0 Å². The molecule has 4 heteroatoms. The highest BCUT2D eigenvalue weighted by Gasteiger charge is 2.24. The Bertz CT molecular complexity index is 583. The van der Waals surface area contributed by atoms with Gasteiger partial charge < -0.3 is 9.64 Å². The van der Waals surface area contributed by atoms with Gasteiger partial charge in [0.05, 0.1) is 19.3 Å². The maximum absolute atomic E-state index is 12.4. The number of benzene rings is 1. The molecule has 0 fully saturated rings. The lowest BCUT2D eigenvalue weighted by Gasteiger charge is -2.15. The van der Waals surface area contributed by atoms with Crippen molar-refractivity contribution < 1.29 is 9.53 Å². The summed E-state index contributed by atoms with van der Waals surface area (Å²) < 4.78 is 5.09. The molecule has 19 heavy (non-hydrogen) atoms. The van der Waals surface area contributed by atoms with E-state index in [1.807, 2.05) is 12.1 Å². The summed E-state index contributed by atoms with van der Waals surface area (Å²) in [6, 6.07) is 11.1. The molecule has 0 atom stereocenters. The molecule has 96 valence electrons. The maximum atomic E-state index is 12.4. The molecular formula is C15H14N2O2. The molecule has 1 aliphatic heterocycles. The Morgan fingerprint density at radius 2 is 2.00 bits per heavy atom. The van der Waals surface area contributed by atoms with Crippen LogP contribution in [0.1, 0.15) is 21.6 Å². The Balaban J connectivity index is 1.79. The number of rotatable bonds is 2. The average Bonchev–Trinajstić information content (AvgIpc) is 2.90. The minimum absolute atomic E-state index is 0.0284. The van der Waals surface area contributed by atoms with Crippen molar-refractivity contribution in [3.63, 3.8) is 0 Å². The van der Waals surface area contributed by atoms with E-state index in [1.54, 1.807) is 42.5 Å². The molecule has 1 aliphatic rings. The second-order valence-corrected chi connectivity index (χ2v) is 4.50. The van der Waals surface area contributed by atoms with Gasteiger partial charge in [-0.05, 0) is 35.9 Å². The highest BCUT2D eigenvalue weighted by atomic mass is 16.5. The van der Waals surface area contributed by atoms with Crippen LogP contribution in [-0.2, 0) is 13.1 Å². The number of carbonyl (C=O) groups is 1. The molecule has 2 aromatic rings. The van der Waals surface area contributed by atoms with Gasteiger partial charge in [0.1, 0.15) is 5.75 Å². The van der Waals surface area contributed by atoms with Crippen molar-refractivity contribution in [1.29, 1.82) is 0 Å². The molecule has 0 bridgehead atoms. The minimum atomic E-state index is 0.0284. The van der Waals surface area contributed by atoms with Gasteiger partial charge in [-0.1, -0.05) is 6.07 Å². The van der Waals surface area contributed by atoms with E-state index in [2.05, 4.69) is 4.98 Å². The molecule has 2 heterocycles. The molecule has 0 N–H and O–H groups in total. The van der Waals surface area contributed by atoms with Crippen LogP contribution < -0.4 is 4.74 Å². The molecule has 0 saturated carbocycles. The monoisotopic (exact) mass is 254 g/mol. The minimum Gasteiger partial charge on any atom is -0.497 e. The number of hydrogen-bond acceptors (Lipinski definition) is 3. The molecule has 0 saturated heterocycles. The first-order valence-electron chi connectivity index (χ1n) is 6.14. The molecule has 0 aliphatic carbocycles. The van der Waals surface area contributed by atoms with Crippen LogP contribution in [0.4, 0.5) is 0 Å². The van der Waals surface area contributed by atoms with Crippen LogP contribution in [0.15, 0.2) is 42.6 Å². The normalized spacial score (nSPS) is 13.2. The van der Waals surface area contributed by atoms with Crippen molar-refractivity contribution >= 4 is 5.91 Å². The fraction of sp³-hybridized carbons (Fsp3) is 0.200. The number of amides is 1. The Kier molecular flexibility index (Phi) is 2.91. The number of fused-ring (bicyclic) bond motifs is 1. The Morgan fingerprint density at radius 1 is 1.21 bits per heavy atom. The standard InChI is InChI=1S/C15H14N2O2/c1-19-13-6-4-11(5-7-13)15(18)17-9-12-3-2-8-16-14(12)10-17/h2-8H,9-10H2,1H3. The topological polar surface area (TPSA) is 42.4 Å². The zero-order valence-corrected chi connectivity index (χ0v) is 10.7. The van der Waals surface area contributed by atoms with Gasteiger partial charge in [-0.2, -0.15) is 0 Å². The molecule has 1 amide bonds. The fourth-order valence-electron chi connectivity index (χ4n) is 2.26. The second-order valence-electron chi connectivity index (χ2n) is 4.50. The van der Waals surface area contributed by atoms with Crippen LogP contribution in [0.3, 0.4) is 0 Å². The fourth-order valence-corrected chi connectivity index (χ4v) is 2.26. The van der Waals surface area contributed by atoms with E-state index in [-0.39, 0.29) is 5.91 Å². The van der Waals surface area contributed by atoms with Crippen LogP contribution in [0.2, 0.25) is 0 Å². The highest BCUT2D eigenvalue weighted by molar-refractivity contribution is 5.94. The summed E-state index contributed by atoms with van der Waals surface area (Å²) in [5.74, 6) is 0.781. The van der Waals surface area contributed by atoms with Crippen molar-refractivity contribution in [2.45, 2.75) is 13.1 Å². The van der Waals surface area contributed by atoms with Crippen molar-refractivity contribution in [2.75, 3.05) is 7.11 Å². The SMILES string of the molecule is COc1ccc(C(=O)N2Cc3cccnc3C2)cc1. The summed E-state index contributed by atoms with van der Waals surface area (Å²) in [4.78, 5) is 18.5. The van der Waals surface area contributed by atoms with E-state index in [0.29, 0.717) is 18.7 Å². The number of ether oxygens (including phenoxy) is 1. The summed E-state index contributed by atoms with van der Waals surface area (Å²) in [5.41, 5.74) is 2.79. The Labute approximate surface area is 111 Å². The molecule has 0 radical (unpaired) electrons. The third-order valence-electron chi connectivity index (χ3n) is 3.31. The first-order chi connectivity index (χ1) is 9.28. The van der Waals surface area contributed by atoms with E-state index < -0.39 is 0 Å². The number of aromatic nitrogens is 1. The molecular weight excluding hydrogens is 240 g/mol. The van der Waals surface area contributed by atoms with Gasteiger partial charge in [0, 0.05) is 18.3 Å².